The molecule has 0 bridgehead atoms. The number of ether oxygens (including phenoxy) is 1. The van der Waals surface area contributed by atoms with E-state index >= 15 is 0 Å². The number of carbonyl (C=O) groups is 1. The number of halogens is 1. The quantitative estimate of drug-likeness (QED) is 0.698. The number of carbonyl (C=O) groups excluding carboxylic acids is 1. The molecule has 0 radical (unpaired) electrons. The summed E-state index contributed by atoms with van der Waals surface area (Å²) in [7, 11) is 0. The highest BCUT2D eigenvalue weighted by Gasteiger charge is 2.28. The predicted molar refractivity (Wildman–Crippen MR) is 58.4 cm³/mol. The summed E-state index contributed by atoms with van der Waals surface area (Å²) in [6.45, 7) is 0. The van der Waals surface area contributed by atoms with E-state index in [1.807, 2.05) is 0 Å². The first-order valence-electron chi connectivity index (χ1n) is 5.26. The van der Waals surface area contributed by atoms with Crippen molar-refractivity contribution in [3.8, 4) is 0 Å². The lowest BCUT2D eigenvalue weighted by atomic mass is 9.94. The number of allylic oxidation sites excluding steroid dienone is 9. The second-order valence-electron chi connectivity index (χ2n) is 4.09. The lowest BCUT2D eigenvalue weighted by Gasteiger charge is -2.24. The van der Waals surface area contributed by atoms with Crippen LogP contribution in [0, 0.1) is 0 Å². The molecule has 2 aliphatic carbocycles. The molecule has 3 aliphatic rings. The number of hydrogen-bond acceptors (Lipinski definition) is 3. The van der Waals surface area contributed by atoms with E-state index in [4.69, 9.17) is 4.74 Å². The molecule has 0 aromatic rings. The maximum atomic E-state index is 13.1. The molecule has 86 valence electrons. The Morgan fingerprint density at radius 3 is 2.94 bits per heavy atom. The van der Waals surface area contributed by atoms with E-state index in [2.05, 4.69) is 0 Å². The van der Waals surface area contributed by atoms with Crippen LogP contribution in [0.1, 0.15) is 12.8 Å². The number of hydrogen-bond donors (Lipinski definition) is 1. The maximum absolute atomic E-state index is 13.1. The molecule has 3 nitrogen and oxygen atoms in total. The van der Waals surface area contributed by atoms with Crippen LogP contribution in [0.5, 0.6) is 0 Å². The second-order valence-corrected chi connectivity index (χ2v) is 4.09. The fourth-order valence-electron chi connectivity index (χ4n) is 2.03. The minimum atomic E-state index is -0.358. The number of aliphatic hydroxyl groups is 1. The third-order valence-electron chi connectivity index (χ3n) is 2.82. The Labute approximate surface area is 96.9 Å². The first-order chi connectivity index (χ1) is 8.13. The number of aliphatic hydroxyl groups excluding tert-OH is 1. The molecule has 1 N–H and O–H groups in total. The molecule has 0 amide bonds. The van der Waals surface area contributed by atoms with Gasteiger partial charge < -0.3 is 9.84 Å². The average Bonchev–Trinajstić information content (AvgIpc) is 2.27. The van der Waals surface area contributed by atoms with E-state index in [-0.39, 0.29) is 29.5 Å². The van der Waals surface area contributed by atoms with Gasteiger partial charge in [-0.3, -0.25) is 4.79 Å². The van der Waals surface area contributed by atoms with Gasteiger partial charge >= 0.3 is 0 Å². The van der Waals surface area contributed by atoms with Gasteiger partial charge in [0.25, 0.3) is 0 Å². The van der Waals surface area contributed by atoms with Gasteiger partial charge in [0.05, 0.1) is 6.42 Å². The van der Waals surface area contributed by atoms with Crippen molar-refractivity contribution >= 4 is 5.78 Å². The van der Waals surface area contributed by atoms with E-state index in [1.165, 1.54) is 18.2 Å². The van der Waals surface area contributed by atoms with Gasteiger partial charge in [-0.15, -0.1) is 0 Å². The van der Waals surface area contributed by atoms with Crippen molar-refractivity contribution in [2.24, 2.45) is 0 Å². The molecular weight excluding hydrogens is 223 g/mol. The Hall–Kier alpha value is -2.10. The predicted octanol–water partition coefficient (Wildman–Crippen LogP) is 2.75. The molecule has 1 aliphatic heterocycles. The summed E-state index contributed by atoms with van der Waals surface area (Å²) in [5.41, 5.74) is 1.37. The summed E-state index contributed by atoms with van der Waals surface area (Å²) in [6, 6.07) is 0. The van der Waals surface area contributed by atoms with Gasteiger partial charge in [0.15, 0.2) is 5.76 Å². The molecule has 0 saturated heterocycles. The molecule has 3 rings (SSSR count). The van der Waals surface area contributed by atoms with Crippen molar-refractivity contribution in [3.05, 3.63) is 58.6 Å². The van der Waals surface area contributed by atoms with Crippen LogP contribution >= 0.6 is 0 Å². The summed E-state index contributed by atoms with van der Waals surface area (Å²) in [6.07, 6.45) is 6.34. The second kappa shape index (κ2) is 3.45. The third-order valence-corrected chi connectivity index (χ3v) is 2.82. The zero-order chi connectivity index (χ0) is 12.0. The standard InChI is InChI=1S/C13H9FO3/c14-9-2-1-7-3-8-4-10(15)6-11(16)13(8)17-12(7)5-9/h2-5,15H,1,6H2. The van der Waals surface area contributed by atoms with Gasteiger partial charge in [-0.25, -0.2) is 4.39 Å². The molecule has 0 atom stereocenters. The summed E-state index contributed by atoms with van der Waals surface area (Å²) in [5, 5.41) is 9.39. The van der Waals surface area contributed by atoms with Crippen LogP contribution in [0.25, 0.3) is 0 Å². The van der Waals surface area contributed by atoms with Gasteiger partial charge in [0.1, 0.15) is 17.3 Å². The number of ketones is 1. The minimum absolute atomic E-state index is 0.0270. The van der Waals surface area contributed by atoms with E-state index < -0.39 is 0 Å². The molecule has 4 heteroatoms. The summed E-state index contributed by atoms with van der Waals surface area (Å²) < 4.78 is 18.5. The van der Waals surface area contributed by atoms with Crippen molar-refractivity contribution in [1.82, 2.24) is 0 Å². The molecule has 1 heterocycles. The first kappa shape index (κ1) is 10.1. The van der Waals surface area contributed by atoms with Crippen molar-refractivity contribution in [2.75, 3.05) is 0 Å². The molecule has 0 aromatic carbocycles. The Morgan fingerprint density at radius 2 is 2.12 bits per heavy atom. The summed E-state index contributed by atoms with van der Waals surface area (Å²) >= 11 is 0. The Morgan fingerprint density at radius 1 is 1.29 bits per heavy atom. The number of rotatable bonds is 0. The van der Waals surface area contributed by atoms with E-state index in [9.17, 15) is 14.3 Å². The van der Waals surface area contributed by atoms with Crippen molar-refractivity contribution < 1.29 is 19.0 Å². The molecule has 17 heavy (non-hydrogen) atoms. The van der Waals surface area contributed by atoms with E-state index in [0.717, 1.165) is 5.57 Å². The van der Waals surface area contributed by atoms with Gasteiger partial charge in [0, 0.05) is 11.6 Å². The van der Waals surface area contributed by atoms with Crippen molar-refractivity contribution in [2.45, 2.75) is 12.8 Å². The fraction of sp³-hybridized carbons (Fsp3) is 0.154. The van der Waals surface area contributed by atoms with Crippen LogP contribution in [0.2, 0.25) is 0 Å². The summed E-state index contributed by atoms with van der Waals surface area (Å²) in [5.74, 6) is -0.0486. The van der Waals surface area contributed by atoms with Crippen LogP contribution in [0.3, 0.4) is 0 Å². The van der Waals surface area contributed by atoms with Crippen molar-refractivity contribution in [1.29, 1.82) is 0 Å². The van der Waals surface area contributed by atoms with Crippen molar-refractivity contribution in [3.63, 3.8) is 0 Å². The molecule has 0 spiro atoms. The third kappa shape index (κ3) is 1.62. The van der Waals surface area contributed by atoms with E-state index in [1.54, 1.807) is 6.08 Å². The average molecular weight is 232 g/mol. The molecule has 0 fully saturated rings. The van der Waals surface area contributed by atoms with Crippen LogP contribution in [-0.4, -0.2) is 10.9 Å². The first-order valence-corrected chi connectivity index (χ1v) is 5.26. The Bertz CT molecular complexity index is 573. The number of fused-ring (bicyclic) bond motifs is 1. The topological polar surface area (TPSA) is 46.5 Å². The highest BCUT2D eigenvalue weighted by Crippen LogP contribution is 2.36. The highest BCUT2D eigenvalue weighted by atomic mass is 19.1. The molecule has 0 saturated carbocycles. The van der Waals surface area contributed by atoms with Crippen LogP contribution in [0.15, 0.2) is 58.6 Å². The van der Waals surface area contributed by atoms with Gasteiger partial charge in [-0.1, -0.05) is 0 Å². The largest absolute Gasteiger partial charge is 0.512 e. The normalized spacial score (nSPS) is 22.8. The van der Waals surface area contributed by atoms with Gasteiger partial charge in [-0.05, 0) is 30.2 Å². The smallest absolute Gasteiger partial charge is 0.206 e. The van der Waals surface area contributed by atoms with Crippen LogP contribution in [0.4, 0.5) is 4.39 Å². The van der Waals surface area contributed by atoms with Crippen LogP contribution in [-0.2, 0) is 9.53 Å². The highest BCUT2D eigenvalue weighted by molar-refractivity contribution is 5.98. The Kier molecular flexibility index (Phi) is 2.04. The van der Waals surface area contributed by atoms with Gasteiger partial charge in [-0.2, -0.15) is 0 Å². The zero-order valence-electron chi connectivity index (χ0n) is 8.87. The lowest BCUT2D eigenvalue weighted by Crippen LogP contribution is -2.18. The van der Waals surface area contributed by atoms with E-state index in [0.29, 0.717) is 17.8 Å². The monoisotopic (exact) mass is 232 g/mol. The minimum Gasteiger partial charge on any atom is -0.512 e. The van der Waals surface area contributed by atoms with Gasteiger partial charge in [0.2, 0.25) is 5.78 Å². The Balaban J connectivity index is 2.07. The summed E-state index contributed by atoms with van der Waals surface area (Å²) in [4.78, 5) is 11.6. The van der Waals surface area contributed by atoms with Crippen LogP contribution < -0.4 is 0 Å². The SMILES string of the molecule is O=C1CC(O)=CC2=C1OC1=CC(F)=CCC1=C2. The fourth-order valence-corrected chi connectivity index (χ4v) is 2.03. The zero-order valence-corrected chi connectivity index (χ0v) is 8.87. The number of Topliss-reactive ketones (excluding diaryl/α,β-unsaturated/α-hetero) is 1. The molecule has 0 unspecified atom stereocenters. The maximum Gasteiger partial charge on any atom is 0.206 e. The molecular formula is C13H9FO3. The molecule has 0 aromatic heterocycles. The lowest BCUT2D eigenvalue weighted by molar-refractivity contribution is -0.118.